The van der Waals surface area contributed by atoms with Crippen LogP contribution in [-0.2, 0) is 16.1 Å². The lowest BCUT2D eigenvalue weighted by atomic mass is 10.2. The van der Waals surface area contributed by atoms with Gasteiger partial charge in [-0.1, -0.05) is 30.3 Å². The second kappa shape index (κ2) is 7.13. The molecule has 1 rings (SSSR count). The highest BCUT2D eigenvalue weighted by Crippen LogP contribution is 2.08. The summed E-state index contributed by atoms with van der Waals surface area (Å²) < 4.78 is 4.86. The average molecular weight is 250 g/mol. The lowest BCUT2D eigenvalue weighted by Crippen LogP contribution is -2.45. The molecule has 0 saturated heterocycles. The normalized spacial score (nSPS) is 12.8. The molecule has 0 fully saturated rings. The second-order valence-corrected chi connectivity index (χ2v) is 4.70. The number of carbonyl (C=O) groups excluding carboxylic acids is 1. The molecule has 0 N–H and O–H groups in total. The summed E-state index contributed by atoms with van der Waals surface area (Å²) in [5.74, 6) is -0.192. The van der Waals surface area contributed by atoms with E-state index >= 15 is 0 Å². The van der Waals surface area contributed by atoms with Gasteiger partial charge in [-0.25, -0.2) is 0 Å². The van der Waals surface area contributed by atoms with Crippen molar-refractivity contribution in [3.63, 3.8) is 0 Å². The molecule has 100 valence electrons. The summed E-state index contributed by atoms with van der Waals surface area (Å²) in [4.78, 5) is 15.8. The van der Waals surface area contributed by atoms with E-state index in [9.17, 15) is 4.79 Å². The number of ether oxygens (including phenoxy) is 1. The van der Waals surface area contributed by atoms with Crippen LogP contribution in [0.5, 0.6) is 0 Å². The van der Waals surface area contributed by atoms with Crippen LogP contribution in [0.2, 0.25) is 0 Å². The molecule has 0 heterocycles. The summed E-state index contributed by atoms with van der Waals surface area (Å²) in [5, 5.41) is 0. The van der Waals surface area contributed by atoms with Crippen LogP contribution >= 0.6 is 0 Å². The van der Waals surface area contributed by atoms with Gasteiger partial charge >= 0.3 is 5.97 Å². The minimum atomic E-state index is -0.245. The Morgan fingerprint density at radius 2 is 1.83 bits per heavy atom. The van der Waals surface area contributed by atoms with Crippen LogP contribution in [-0.4, -0.2) is 56.6 Å². The van der Waals surface area contributed by atoms with Crippen LogP contribution in [0, 0.1) is 0 Å². The van der Waals surface area contributed by atoms with Gasteiger partial charge in [-0.15, -0.1) is 0 Å². The zero-order chi connectivity index (χ0) is 13.5. The Morgan fingerprint density at radius 3 is 2.33 bits per heavy atom. The monoisotopic (exact) mass is 250 g/mol. The van der Waals surface area contributed by atoms with Crippen molar-refractivity contribution in [2.24, 2.45) is 0 Å². The van der Waals surface area contributed by atoms with E-state index in [1.165, 1.54) is 12.7 Å². The molecular formula is C14H22N2O2. The van der Waals surface area contributed by atoms with Crippen LogP contribution in [0.25, 0.3) is 0 Å². The van der Waals surface area contributed by atoms with E-state index in [4.69, 9.17) is 4.74 Å². The maximum absolute atomic E-state index is 11.8. The quantitative estimate of drug-likeness (QED) is 0.711. The number of methoxy groups -OCH3 is 1. The number of esters is 1. The fraction of sp³-hybridized carbons (Fsp3) is 0.500. The third-order valence-corrected chi connectivity index (χ3v) is 2.82. The number of hydrogen-bond donors (Lipinski definition) is 0. The number of hydrogen-bond acceptors (Lipinski definition) is 4. The number of benzene rings is 1. The Hall–Kier alpha value is -1.39. The number of rotatable bonds is 6. The Kier molecular flexibility index (Phi) is 5.82. The first kappa shape index (κ1) is 14.7. The highest BCUT2D eigenvalue weighted by molar-refractivity contribution is 5.75. The first-order valence-corrected chi connectivity index (χ1v) is 6.01. The van der Waals surface area contributed by atoms with Crippen molar-refractivity contribution >= 4 is 5.97 Å². The van der Waals surface area contributed by atoms with Gasteiger partial charge in [-0.05, 0) is 26.7 Å². The maximum atomic E-state index is 11.8. The standard InChI is InChI=1S/C14H22N2O2/c1-15(2)11-13(14(17)18-4)16(3)10-12-8-6-5-7-9-12/h5-9,13H,10-11H2,1-4H3/t13-/m0/s1. The summed E-state index contributed by atoms with van der Waals surface area (Å²) in [6.07, 6.45) is 0. The average Bonchev–Trinajstić information content (AvgIpc) is 2.36. The van der Waals surface area contributed by atoms with Gasteiger partial charge in [0.25, 0.3) is 0 Å². The molecule has 1 aromatic carbocycles. The molecule has 4 heteroatoms. The van der Waals surface area contributed by atoms with Gasteiger partial charge < -0.3 is 9.64 Å². The molecular weight excluding hydrogens is 228 g/mol. The SMILES string of the molecule is COC(=O)[C@H](CN(C)C)N(C)Cc1ccccc1. The molecule has 1 atom stereocenters. The zero-order valence-corrected chi connectivity index (χ0v) is 11.6. The first-order chi connectivity index (χ1) is 8.54. The van der Waals surface area contributed by atoms with Gasteiger partial charge in [-0.3, -0.25) is 9.69 Å². The highest BCUT2D eigenvalue weighted by atomic mass is 16.5. The summed E-state index contributed by atoms with van der Waals surface area (Å²) in [7, 11) is 7.28. The molecule has 0 unspecified atom stereocenters. The molecule has 0 spiro atoms. The lowest BCUT2D eigenvalue weighted by Gasteiger charge is -2.28. The first-order valence-electron chi connectivity index (χ1n) is 6.01. The van der Waals surface area contributed by atoms with E-state index < -0.39 is 0 Å². The molecule has 0 aliphatic heterocycles. The van der Waals surface area contributed by atoms with Gasteiger partial charge in [0.2, 0.25) is 0 Å². The molecule has 0 amide bonds. The fourth-order valence-corrected chi connectivity index (χ4v) is 1.86. The van der Waals surface area contributed by atoms with E-state index in [0.29, 0.717) is 6.54 Å². The van der Waals surface area contributed by atoms with Crippen molar-refractivity contribution < 1.29 is 9.53 Å². The van der Waals surface area contributed by atoms with Gasteiger partial charge in [0.1, 0.15) is 6.04 Å². The van der Waals surface area contributed by atoms with Crippen LogP contribution in [0.4, 0.5) is 0 Å². The molecule has 1 aromatic rings. The number of carbonyl (C=O) groups is 1. The summed E-state index contributed by atoms with van der Waals surface area (Å²) in [5.41, 5.74) is 1.19. The van der Waals surface area contributed by atoms with Crippen molar-refractivity contribution in [3.05, 3.63) is 35.9 Å². The molecule has 0 bridgehead atoms. The lowest BCUT2D eigenvalue weighted by molar-refractivity contribution is -0.147. The Labute approximate surface area is 109 Å². The predicted molar refractivity (Wildman–Crippen MR) is 72.3 cm³/mol. The van der Waals surface area contributed by atoms with Crippen LogP contribution < -0.4 is 0 Å². The summed E-state index contributed by atoms with van der Waals surface area (Å²) >= 11 is 0. The predicted octanol–water partition coefficient (Wildman–Crippen LogP) is 1.22. The Bertz CT molecular complexity index is 365. The van der Waals surface area contributed by atoms with Gasteiger partial charge in [0.05, 0.1) is 7.11 Å². The van der Waals surface area contributed by atoms with E-state index in [1.54, 1.807) is 0 Å². The summed E-state index contributed by atoms with van der Waals surface area (Å²) in [6.45, 7) is 1.38. The Balaban J connectivity index is 2.70. The second-order valence-electron chi connectivity index (χ2n) is 4.70. The van der Waals surface area contributed by atoms with Crippen molar-refractivity contribution in [2.75, 3.05) is 34.8 Å². The van der Waals surface area contributed by atoms with Crippen LogP contribution in [0.15, 0.2) is 30.3 Å². The smallest absolute Gasteiger partial charge is 0.324 e. The number of nitrogens with zero attached hydrogens (tertiary/aromatic N) is 2. The maximum Gasteiger partial charge on any atom is 0.324 e. The minimum absolute atomic E-state index is 0.192. The Morgan fingerprint density at radius 1 is 1.22 bits per heavy atom. The molecule has 4 nitrogen and oxygen atoms in total. The highest BCUT2D eigenvalue weighted by Gasteiger charge is 2.24. The van der Waals surface area contributed by atoms with E-state index in [-0.39, 0.29) is 12.0 Å². The topological polar surface area (TPSA) is 32.8 Å². The minimum Gasteiger partial charge on any atom is -0.468 e. The molecule has 18 heavy (non-hydrogen) atoms. The van der Waals surface area contributed by atoms with Gasteiger partial charge in [-0.2, -0.15) is 0 Å². The van der Waals surface area contributed by atoms with E-state index in [0.717, 1.165) is 6.54 Å². The van der Waals surface area contributed by atoms with Crippen molar-refractivity contribution in [3.8, 4) is 0 Å². The number of likely N-dealkylation sites (N-methyl/N-ethyl adjacent to an activating group) is 2. The van der Waals surface area contributed by atoms with E-state index in [1.807, 2.05) is 49.1 Å². The van der Waals surface area contributed by atoms with Crippen LogP contribution in [0.1, 0.15) is 5.56 Å². The largest absolute Gasteiger partial charge is 0.468 e. The van der Waals surface area contributed by atoms with Gasteiger partial charge in [0, 0.05) is 13.1 Å². The van der Waals surface area contributed by atoms with Crippen molar-refractivity contribution in [1.29, 1.82) is 0 Å². The molecule has 0 aliphatic carbocycles. The van der Waals surface area contributed by atoms with Gasteiger partial charge in [0.15, 0.2) is 0 Å². The molecule has 0 aromatic heterocycles. The molecule has 0 saturated carbocycles. The third kappa shape index (κ3) is 4.47. The van der Waals surface area contributed by atoms with Crippen LogP contribution in [0.3, 0.4) is 0 Å². The molecule has 0 radical (unpaired) electrons. The zero-order valence-electron chi connectivity index (χ0n) is 11.6. The fourth-order valence-electron chi connectivity index (χ4n) is 1.86. The third-order valence-electron chi connectivity index (χ3n) is 2.82. The van der Waals surface area contributed by atoms with E-state index in [2.05, 4.69) is 12.1 Å². The van der Waals surface area contributed by atoms with Crippen molar-refractivity contribution in [2.45, 2.75) is 12.6 Å². The van der Waals surface area contributed by atoms with Crippen molar-refractivity contribution in [1.82, 2.24) is 9.80 Å². The molecule has 0 aliphatic rings. The summed E-state index contributed by atoms with van der Waals surface area (Å²) in [6, 6.07) is 9.86.